The van der Waals surface area contributed by atoms with Gasteiger partial charge in [0.05, 0.1) is 70.1 Å². The van der Waals surface area contributed by atoms with Crippen LogP contribution >= 0.6 is 104 Å². The third kappa shape index (κ3) is 21.1. The van der Waals surface area contributed by atoms with Gasteiger partial charge in [0.25, 0.3) is 0 Å². The van der Waals surface area contributed by atoms with E-state index in [1.807, 2.05) is 0 Å². The van der Waals surface area contributed by atoms with Gasteiger partial charge in [-0.3, -0.25) is 0 Å². The molecule has 0 heterocycles. The molecule has 4 rings (SSSR count). The molecule has 0 atom stereocenters. The van der Waals surface area contributed by atoms with Crippen molar-refractivity contribution >= 4 is 153 Å². The molecule has 0 spiro atoms. The maximum Gasteiger partial charge on any atom is 0.211 e. The lowest BCUT2D eigenvalue weighted by Crippen LogP contribution is -2.21. The van der Waals surface area contributed by atoms with Gasteiger partial charge < -0.3 is 45.9 Å². The van der Waals surface area contributed by atoms with Gasteiger partial charge in [-0.1, -0.05) is 117 Å². The molecule has 0 bridgehead atoms. The molecular formula is C32H30Cl9FN16. The second kappa shape index (κ2) is 27.0. The maximum absolute atomic E-state index is 12.6. The van der Waals surface area contributed by atoms with Crippen LogP contribution in [-0.4, -0.2) is 48.7 Å². The van der Waals surface area contributed by atoms with E-state index in [4.69, 9.17) is 150 Å². The normalized spacial score (nSPS) is 10.5. The number of halogens is 10. The van der Waals surface area contributed by atoms with Crippen LogP contribution in [0.25, 0.3) is 0 Å². The topological polar surface area (TPSA) is 307 Å². The van der Waals surface area contributed by atoms with Crippen LogP contribution < -0.4 is 45.9 Å². The quantitative estimate of drug-likeness (QED) is 0.0293. The molecule has 0 aliphatic carbocycles. The molecule has 0 unspecified atom stereocenters. The number of nitrogens with two attached hydrogens (primary N) is 8. The van der Waals surface area contributed by atoms with Crippen molar-refractivity contribution in [3.8, 4) is 0 Å². The first-order valence-electron chi connectivity index (χ1n) is 14.9. The first-order chi connectivity index (χ1) is 27.2. The van der Waals surface area contributed by atoms with Gasteiger partial charge in [-0.25, -0.2) is 4.39 Å². The lowest BCUT2D eigenvalue weighted by Gasteiger charge is -2.00. The van der Waals surface area contributed by atoms with Crippen LogP contribution in [0.15, 0.2) is 101 Å². The molecule has 308 valence electrons. The number of guanidine groups is 4. The van der Waals surface area contributed by atoms with Crippen molar-refractivity contribution in [1.29, 1.82) is 0 Å². The highest BCUT2D eigenvalue weighted by Crippen LogP contribution is 2.31. The predicted molar refractivity (Wildman–Crippen MR) is 244 cm³/mol. The predicted octanol–water partition coefficient (Wildman–Crippen LogP) is 7.20. The van der Waals surface area contributed by atoms with Crippen LogP contribution in [0.4, 0.5) is 4.39 Å². The Labute approximate surface area is 375 Å². The molecule has 16 N–H and O–H groups in total. The molecule has 0 amide bonds. The Bertz CT molecular complexity index is 2220. The Kier molecular flexibility index (Phi) is 23.8. The summed E-state index contributed by atoms with van der Waals surface area (Å²) in [6.45, 7) is 0. The number of hydrogen-bond donors (Lipinski definition) is 8. The first-order valence-corrected chi connectivity index (χ1v) is 18.3. The summed E-state index contributed by atoms with van der Waals surface area (Å²) in [5.41, 5.74) is 43.0. The SMILES string of the molecule is NC(N)=N/N=C/c1cc(Cl)c(Cl)c(Cl)c1.NC(N)=N/N=C/c1cc(Cl)c(Cl)cc1Cl.NC(N)=N/N=C/c1ccc(F)cc1Cl.NC(N)=N/N=C/c1cccc(Cl)c1Cl. The Hall–Kier alpha value is -4.82. The van der Waals surface area contributed by atoms with E-state index in [0.29, 0.717) is 62.4 Å². The third-order valence-electron chi connectivity index (χ3n) is 5.48. The van der Waals surface area contributed by atoms with Crippen molar-refractivity contribution in [2.45, 2.75) is 0 Å². The Balaban J connectivity index is 0.000000387. The molecule has 0 aromatic heterocycles. The van der Waals surface area contributed by atoms with E-state index >= 15 is 0 Å². The van der Waals surface area contributed by atoms with E-state index in [-0.39, 0.29) is 28.9 Å². The fourth-order valence-corrected chi connectivity index (χ4v) is 4.94. The summed E-state index contributed by atoms with van der Waals surface area (Å²) >= 11 is 52.1. The van der Waals surface area contributed by atoms with Gasteiger partial charge in [0.2, 0.25) is 23.8 Å². The molecular weight excluding hydrogens is 947 g/mol. The second-order valence-electron chi connectivity index (χ2n) is 9.97. The number of benzene rings is 4. The number of hydrogen-bond acceptors (Lipinski definition) is 8. The fourth-order valence-electron chi connectivity index (χ4n) is 3.15. The van der Waals surface area contributed by atoms with E-state index in [2.05, 4.69) is 40.8 Å². The summed E-state index contributed by atoms with van der Waals surface area (Å²) in [7, 11) is 0. The van der Waals surface area contributed by atoms with Crippen molar-refractivity contribution in [3.05, 3.63) is 134 Å². The summed E-state index contributed by atoms with van der Waals surface area (Å²) < 4.78 is 12.6. The van der Waals surface area contributed by atoms with Gasteiger partial charge in [0, 0.05) is 16.7 Å². The number of rotatable bonds is 8. The molecule has 0 saturated heterocycles. The van der Waals surface area contributed by atoms with E-state index in [1.165, 1.54) is 49.1 Å². The molecule has 0 aliphatic rings. The van der Waals surface area contributed by atoms with Crippen LogP contribution in [0.5, 0.6) is 0 Å². The summed E-state index contributed by atoms with van der Waals surface area (Å²) in [5, 5.41) is 31.3. The minimum absolute atomic E-state index is 0.112. The van der Waals surface area contributed by atoms with E-state index in [1.54, 1.807) is 36.4 Å². The highest BCUT2D eigenvalue weighted by molar-refractivity contribution is 6.48. The number of nitrogens with zero attached hydrogens (tertiary/aromatic N) is 8. The van der Waals surface area contributed by atoms with Gasteiger partial charge in [0.15, 0.2) is 0 Å². The summed E-state index contributed by atoms with van der Waals surface area (Å²) in [4.78, 5) is 0. The molecule has 0 radical (unpaired) electrons. The monoisotopic (exact) mass is 972 g/mol. The second-order valence-corrected chi connectivity index (χ2v) is 13.6. The van der Waals surface area contributed by atoms with Crippen LogP contribution in [0.1, 0.15) is 22.3 Å². The lowest BCUT2D eigenvalue weighted by molar-refractivity contribution is 0.628. The summed E-state index contributed by atoms with van der Waals surface area (Å²) in [6.07, 6.45) is 5.55. The van der Waals surface area contributed by atoms with Crippen molar-refractivity contribution in [2.75, 3.05) is 0 Å². The van der Waals surface area contributed by atoms with E-state index in [0.717, 1.165) is 0 Å². The fraction of sp³-hybridized carbons (Fsp3) is 0. The third-order valence-corrected chi connectivity index (χ3v) is 8.89. The molecule has 0 fully saturated rings. The van der Waals surface area contributed by atoms with Gasteiger partial charge >= 0.3 is 0 Å². The highest BCUT2D eigenvalue weighted by atomic mass is 35.5. The zero-order valence-corrected chi connectivity index (χ0v) is 35.9. The van der Waals surface area contributed by atoms with Gasteiger partial charge in [-0.15, -0.1) is 20.4 Å². The smallest absolute Gasteiger partial charge is 0.211 e. The zero-order valence-electron chi connectivity index (χ0n) is 29.1. The molecule has 0 aliphatic heterocycles. The molecule has 16 nitrogen and oxygen atoms in total. The van der Waals surface area contributed by atoms with E-state index < -0.39 is 5.82 Å². The van der Waals surface area contributed by atoms with Gasteiger partial charge in [-0.2, -0.15) is 20.4 Å². The first kappa shape index (κ1) is 51.2. The molecule has 26 heteroatoms. The molecule has 0 saturated carbocycles. The van der Waals surface area contributed by atoms with Crippen molar-refractivity contribution < 1.29 is 4.39 Å². The maximum atomic E-state index is 12.6. The van der Waals surface area contributed by atoms with E-state index in [9.17, 15) is 4.39 Å². The minimum Gasteiger partial charge on any atom is -0.369 e. The van der Waals surface area contributed by atoms with Crippen molar-refractivity contribution in [3.63, 3.8) is 0 Å². The highest BCUT2D eigenvalue weighted by Gasteiger charge is 2.05. The van der Waals surface area contributed by atoms with Gasteiger partial charge in [-0.05, 0) is 54.1 Å². The van der Waals surface area contributed by atoms with Crippen LogP contribution in [0.2, 0.25) is 45.2 Å². The Morgan fingerprint density at radius 3 is 1.31 bits per heavy atom. The Morgan fingerprint density at radius 2 is 0.828 bits per heavy atom. The van der Waals surface area contributed by atoms with Crippen molar-refractivity contribution in [1.82, 2.24) is 0 Å². The minimum atomic E-state index is -0.408. The van der Waals surface area contributed by atoms with Crippen molar-refractivity contribution in [2.24, 2.45) is 86.7 Å². The molecule has 58 heavy (non-hydrogen) atoms. The van der Waals surface area contributed by atoms with Crippen LogP contribution in [-0.2, 0) is 0 Å². The lowest BCUT2D eigenvalue weighted by atomic mass is 10.2. The summed E-state index contributed by atoms with van der Waals surface area (Å²) in [5.74, 6) is -0.937. The summed E-state index contributed by atoms with van der Waals surface area (Å²) in [6, 6.07) is 15.4. The van der Waals surface area contributed by atoms with Crippen LogP contribution in [0.3, 0.4) is 0 Å². The molecule has 4 aromatic rings. The average Bonchev–Trinajstić information content (AvgIpc) is 3.12. The Morgan fingerprint density at radius 1 is 0.397 bits per heavy atom. The largest absolute Gasteiger partial charge is 0.369 e. The standard InChI is InChI=1S/2C8H7Cl3N4.C8H8Cl2N4.C8H8ClFN4/c9-5-2-7(11)6(10)1-4(5)3-14-15-8(12)13;9-5-1-4(2-6(10)7(5)11)3-14-15-8(12)13;9-6-3-1-2-5(7(6)10)4-13-14-8(11)12;9-7-3-6(10)2-1-5(7)4-13-14-8(11)12/h2*1-3H,(H4,12,13,15);2*1-4H,(H4,11,12,14)/b2*14-3+;2*13-4+. The average molecular weight is 977 g/mol. The van der Waals surface area contributed by atoms with Crippen LogP contribution in [0, 0.1) is 5.82 Å². The molecule has 4 aromatic carbocycles. The van der Waals surface area contributed by atoms with Gasteiger partial charge in [0.1, 0.15) is 5.82 Å². The zero-order chi connectivity index (χ0) is 43.9.